The van der Waals surface area contributed by atoms with Gasteiger partial charge in [-0.15, -0.1) is 0 Å². The highest BCUT2D eigenvalue weighted by Crippen LogP contribution is 2.28. The Bertz CT molecular complexity index is 450. The summed E-state index contributed by atoms with van der Waals surface area (Å²) in [5, 5.41) is 13.5. The Hall–Kier alpha value is -1.69. The van der Waals surface area contributed by atoms with Crippen molar-refractivity contribution >= 4 is 11.4 Å². The fraction of sp³-hybridized carbons (Fsp3) is 0.538. The number of nitro benzene ring substituents is 1. The van der Waals surface area contributed by atoms with Gasteiger partial charge in [0.2, 0.25) is 0 Å². The topological polar surface area (TPSA) is 64.4 Å². The lowest BCUT2D eigenvalue weighted by atomic mass is 10.2. The number of non-ortho nitro benzene ring substituents is 1. The summed E-state index contributed by atoms with van der Waals surface area (Å²) in [6, 6.07) is 3.48. The van der Waals surface area contributed by atoms with E-state index in [0.717, 1.165) is 25.0 Å². The number of halogens is 1. The Morgan fingerprint density at radius 1 is 1.42 bits per heavy atom. The molecule has 5 nitrogen and oxygen atoms in total. The van der Waals surface area contributed by atoms with E-state index >= 15 is 0 Å². The van der Waals surface area contributed by atoms with Crippen LogP contribution in [0.2, 0.25) is 0 Å². The fourth-order valence-corrected chi connectivity index (χ4v) is 1.72. The molecule has 104 valence electrons. The van der Waals surface area contributed by atoms with Crippen molar-refractivity contribution in [3.63, 3.8) is 0 Å². The molecule has 1 aliphatic carbocycles. The summed E-state index contributed by atoms with van der Waals surface area (Å²) >= 11 is 0. The lowest BCUT2D eigenvalue weighted by Crippen LogP contribution is -2.07. The van der Waals surface area contributed by atoms with Gasteiger partial charge in [-0.1, -0.05) is 0 Å². The van der Waals surface area contributed by atoms with Gasteiger partial charge in [0.15, 0.2) is 0 Å². The number of nitro groups is 1. The number of nitrogens with one attached hydrogen (secondary N) is 1. The number of benzene rings is 1. The highest BCUT2D eigenvalue weighted by atomic mass is 19.1. The Balaban J connectivity index is 1.70. The molecule has 0 radical (unpaired) electrons. The summed E-state index contributed by atoms with van der Waals surface area (Å²) in [6.45, 7) is 2.08. The molecule has 19 heavy (non-hydrogen) atoms. The monoisotopic (exact) mass is 268 g/mol. The smallest absolute Gasteiger partial charge is 0.274 e. The van der Waals surface area contributed by atoms with Crippen molar-refractivity contribution in [3.8, 4) is 0 Å². The number of hydrogen-bond donors (Lipinski definition) is 1. The summed E-state index contributed by atoms with van der Waals surface area (Å²) in [5.41, 5.74) is 0.182. The summed E-state index contributed by atoms with van der Waals surface area (Å²) in [4.78, 5) is 9.98. The standard InChI is InChI=1S/C13H17FN2O3/c14-11-6-12(8-13(7-11)16(17)18)15-4-1-5-19-9-10-2-3-10/h6-8,10,15H,1-5,9H2. The fourth-order valence-electron chi connectivity index (χ4n) is 1.72. The van der Waals surface area contributed by atoms with Crippen LogP contribution >= 0.6 is 0 Å². The van der Waals surface area contributed by atoms with E-state index in [9.17, 15) is 14.5 Å². The molecule has 0 bridgehead atoms. The summed E-state index contributed by atoms with van der Waals surface area (Å²) < 4.78 is 18.6. The van der Waals surface area contributed by atoms with Crippen LogP contribution in [-0.2, 0) is 4.74 Å². The molecule has 1 aromatic carbocycles. The minimum atomic E-state index is -0.610. The lowest BCUT2D eigenvalue weighted by Gasteiger charge is -2.07. The first-order valence-electron chi connectivity index (χ1n) is 6.42. The van der Waals surface area contributed by atoms with Gasteiger partial charge in [0.25, 0.3) is 5.69 Å². The molecule has 0 atom stereocenters. The third kappa shape index (κ3) is 4.82. The Morgan fingerprint density at radius 2 is 2.21 bits per heavy atom. The third-order valence-electron chi connectivity index (χ3n) is 2.94. The molecule has 1 aromatic rings. The SMILES string of the molecule is O=[N+]([O-])c1cc(F)cc(NCCCOCC2CC2)c1. The Morgan fingerprint density at radius 3 is 2.89 bits per heavy atom. The molecule has 0 saturated heterocycles. The molecule has 0 aliphatic heterocycles. The predicted octanol–water partition coefficient (Wildman–Crippen LogP) is 2.96. The highest BCUT2D eigenvalue weighted by Gasteiger charge is 2.20. The maximum Gasteiger partial charge on any atom is 0.274 e. The van der Waals surface area contributed by atoms with E-state index < -0.39 is 10.7 Å². The minimum absolute atomic E-state index is 0.243. The summed E-state index contributed by atoms with van der Waals surface area (Å²) in [6.07, 6.45) is 3.33. The van der Waals surface area contributed by atoms with Gasteiger partial charge in [-0.3, -0.25) is 10.1 Å². The van der Waals surface area contributed by atoms with Crippen molar-refractivity contribution < 1.29 is 14.1 Å². The molecule has 0 unspecified atom stereocenters. The van der Waals surface area contributed by atoms with Crippen LogP contribution in [0.25, 0.3) is 0 Å². The minimum Gasteiger partial charge on any atom is -0.385 e. The van der Waals surface area contributed by atoms with Gasteiger partial charge in [-0.25, -0.2) is 4.39 Å². The molecule has 1 aliphatic rings. The van der Waals surface area contributed by atoms with Gasteiger partial charge in [-0.2, -0.15) is 0 Å². The average Bonchev–Trinajstić information content (AvgIpc) is 3.17. The van der Waals surface area contributed by atoms with Crippen molar-refractivity contribution in [3.05, 3.63) is 34.1 Å². The maximum atomic E-state index is 13.1. The van der Waals surface area contributed by atoms with Gasteiger partial charge >= 0.3 is 0 Å². The quantitative estimate of drug-likeness (QED) is 0.447. The van der Waals surface area contributed by atoms with Crippen LogP contribution in [0.1, 0.15) is 19.3 Å². The zero-order valence-corrected chi connectivity index (χ0v) is 10.6. The Labute approximate surface area is 110 Å². The molecule has 1 saturated carbocycles. The predicted molar refractivity (Wildman–Crippen MR) is 69.7 cm³/mol. The van der Waals surface area contributed by atoms with E-state index in [4.69, 9.17) is 4.74 Å². The van der Waals surface area contributed by atoms with E-state index in [1.54, 1.807) is 0 Å². The first kappa shape index (κ1) is 13.7. The van der Waals surface area contributed by atoms with Crippen LogP contribution in [0, 0.1) is 21.8 Å². The van der Waals surface area contributed by atoms with E-state index in [1.165, 1.54) is 25.0 Å². The van der Waals surface area contributed by atoms with E-state index in [0.29, 0.717) is 18.8 Å². The second-order valence-electron chi connectivity index (χ2n) is 4.75. The maximum absolute atomic E-state index is 13.1. The Kier molecular flexibility index (Phi) is 4.68. The molecule has 1 N–H and O–H groups in total. The molecule has 2 rings (SSSR count). The summed E-state index contributed by atoms with van der Waals surface area (Å²) in [5.74, 6) is 0.139. The molecule has 1 fully saturated rings. The van der Waals surface area contributed by atoms with Crippen LogP contribution < -0.4 is 5.32 Å². The van der Waals surface area contributed by atoms with Crippen molar-refractivity contribution in [1.82, 2.24) is 0 Å². The van der Waals surface area contributed by atoms with Crippen LogP contribution in [0.4, 0.5) is 15.8 Å². The molecular weight excluding hydrogens is 251 g/mol. The van der Waals surface area contributed by atoms with Gasteiger partial charge in [-0.05, 0) is 31.2 Å². The van der Waals surface area contributed by atoms with Crippen LogP contribution in [0.15, 0.2) is 18.2 Å². The number of rotatable bonds is 8. The van der Waals surface area contributed by atoms with E-state index in [1.807, 2.05) is 0 Å². The number of hydrogen-bond acceptors (Lipinski definition) is 4. The second kappa shape index (κ2) is 6.47. The van der Waals surface area contributed by atoms with Crippen LogP contribution in [-0.4, -0.2) is 24.7 Å². The second-order valence-corrected chi connectivity index (χ2v) is 4.75. The summed E-state index contributed by atoms with van der Waals surface area (Å²) in [7, 11) is 0. The lowest BCUT2D eigenvalue weighted by molar-refractivity contribution is -0.385. The van der Waals surface area contributed by atoms with Crippen LogP contribution in [0.5, 0.6) is 0 Å². The van der Waals surface area contributed by atoms with Crippen molar-refractivity contribution in [1.29, 1.82) is 0 Å². The highest BCUT2D eigenvalue weighted by molar-refractivity contribution is 5.51. The van der Waals surface area contributed by atoms with Crippen molar-refractivity contribution in [2.75, 3.05) is 25.1 Å². The van der Waals surface area contributed by atoms with E-state index in [2.05, 4.69) is 5.32 Å². The number of anilines is 1. The first-order chi connectivity index (χ1) is 9.15. The van der Waals surface area contributed by atoms with E-state index in [-0.39, 0.29) is 5.69 Å². The molecule has 0 spiro atoms. The van der Waals surface area contributed by atoms with Crippen molar-refractivity contribution in [2.45, 2.75) is 19.3 Å². The first-order valence-corrected chi connectivity index (χ1v) is 6.42. The number of nitrogens with zero attached hydrogens (tertiary/aromatic N) is 1. The number of ether oxygens (including phenoxy) is 1. The van der Waals surface area contributed by atoms with Crippen LogP contribution in [0.3, 0.4) is 0 Å². The average molecular weight is 268 g/mol. The zero-order valence-electron chi connectivity index (χ0n) is 10.6. The molecule has 0 aromatic heterocycles. The normalized spacial score (nSPS) is 14.4. The third-order valence-corrected chi connectivity index (χ3v) is 2.94. The molecular formula is C13H17FN2O3. The van der Waals surface area contributed by atoms with Crippen molar-refractivity contribution in [2.24, 2.45) is 5.92 Å². The molecule has 0 amide bonds. The molecule has 0 heterocycles. The van der Waals surface area contributed by atoms with Gasteiger partial charge < -0.3 is 10.1 Å². The largest absolute Gasteiger partial charge is 0.385 e. The van der Waals surface area contributed by atoms with Gasteiger partial charge in [0, 0.05) is 31.5 Å². The molecule has 6 heteroatoms. The van der Waals surface area contributed by atoms with Gasteiger partial charge in [0.1, 0.15) is 5.82 Å². The van der Waals surface area contributed by atoms with Gasteiger partial charge in [0.05, 0.1) is 11.0 Å². The zero-order chi connectivity index (χ0) is 13.7.